The standard InChI is InChI=1S/C2H4F3O3PS2/c3-2(4,5)1-8-11-9(6,7)10/h1H2,(H2,6,7,10). The zero-order chi connectivity index (χ0) is 9.12. The third kappa shape index (κ3) is 10.7. The fraction of sp³-hybridized carbons (Fsp3) is 1.00. The summed E-state index contributed by atoms with van der Waals surface area (Å²) in [6.45, 7) is -1.54. The van der Waals surface area contributed by atoms with Crippen LogP contribution in [0.3, 0.4) is 0 Å². The molecule has 9 heteroatoms. The van der Waals surface area contributed by atoms with E-state index in [0.29, 0.717) is 0 Å². The molecule has 0 aromatic rings. The fourth-order valence-electron chi connectivity index (χ4n) is 0.162. The van der Waals surface area contributed by atoms with Crippen LogP contribution in [-0.4, -0.2) is 22.6 Å². The van der Waals surface area contributed by atoms with Gasteiger partial charge in [-0.05, 0) is 11.8 Å². The first-order valence-electron chi connectivity index (χ1n) is 2.14. The Kier molecular flexibility index (Phi) is 4.31. The Morgan fingerprint density at radius 3 is 2.18 bits per heavy atom. The molecule has 0 aliphatic carbocycles. The first kappa shape index (κ1) is 11.7. The summed E-state index contributed by atoms with van der Waals surface area (Å²) in [5, 5.41) is 0. The van der Waals surface area contributed by atoms with Crippen LogP contribution in [0.1, 0.15) is 0 Å². The molecule has 0 unspecified atom stereocenters. The quantitative estimate of drug-likeness (QED) is 0.565. The van der Waals surface area contributed by atoms with Crippen molar-refractivity contribution in [2.45, 2.75) is 6.18 Å². The van der Waals surface area contributed by atoms with Crippen molar-refractivity contribution in [2.75, 3.05) is 6.61 Å². The zero-order valence-corrected chi connectivity index (χ0v) is 7.43. The maximum atomic E-state index is 11.3. The molecule has 0 amide bonds. The van der Waals surface area contributed by atoms with Gasteiger partial charge < -0.3 is 9.79 Å². The van der Waals surface area contributed by atoms with Crippen LogP contribution >= 0.6 is 17.4 Å². The molecular weight excluding hydrogens is 224 g/mol. The average molecular weight is 228 g/mol. The van der Waals surface area contributed by atoms with Gasteiger partial charge in [0.2, 0.25) is 0 Å². The van der Waals surface area contributed by atoms with E-state index in [4.69, 9.17) is 9.79 Å². The van der Waals surface area contributed by atoms with E-state index >= 15 is 0 Å². The molecule has 11 heavy (non-hydrogen) atoms. The molecule has 0 radical (unpaired) electrons. The Bertz CT molecular complexity index is 164. The Hall–Kier alpha value is 0.670. The zero-order valence-electron chi connectivity index (χ0n) is 4.91. The molecule has 0 aliphatic heterocycles. The van der Waals surface area contributed by atoms with Crippen molar-refractivity contribution >= 4 is 29.2 Å². The molecule has 3 nitrogen and oxygen atoms in total. The SMILES string of the molecule is OP(O)(=S)SOCC(F)(F)F. The number of hydrogen-bond donors (Lipinski definition) is 2. The first-order valence-corrected chi connectivity index (χ1v) is 6.20. The van der Waals surface area contributed by atoms with E-state index in [9.17, 15) is 13.2 Å². The van der Waals surface area contributed by atoms with Gasteiger partial charge in [0, 0.05) is 0 Å². The molecule has 0 aromatic heterocycles. The molecule has 0 spiro atoms. The predicted octanol–water partition coefficient (Wildman–Crippen LogP) is 1.42. The highest BCUT2D eigenvalue weighted by Gasteiger charge is 2.29. The monoisotopic (exact) mass is 228 g/mol. The molecular formula is C2H4F3O3PS2. The van der Waals surface area contributed by atoms with Gasteiger partial charge in [-0.15, -0.1) is 0 Å². The van der Waals surface area contributed by atoms with E-state index in [2.05, 4.69) is 16.0 Å². The highest BCUT2D eigenvalue weighted by atomic mass is 32.9. The number of rotatable bonds is 3. The summed E-state index contributed by atoms with van der Waals surface area (Å²) >= 11 is 3.84. The number of alkyl halides is 3. The second kappa shape index (κ2) is 4.06. The third-order valence-corrected chi connectivity index (χ3v) is 2.24. The minimum atomic E-state index is -4.47. The van der Waals surface area contributed by atoms with Gasteiger partial charge in [0.25, 0.3) is 5.69 Å². The predicted molar refractivity (Wildman–Crippen MR) is 38.3 cm³/mol. The summed E-state index contributed by atoms with van der Waals surface area (Å²) < 4.78 is 37.7. The minimum Gasteiger partial charge on any atom is -0.336 e. The summed E-state index contributed by atoms with van der Waals surface area (Å²) in [7, 11) is 0. The van der Waals surface area contributed by atoms with Crippen LogP contribution in [-0.2, 0) is 16.0 Å². The van der Waals surface area contributed by atoms with Crippen LogP contribution in [0, 0.1) is 0 Å². The molecule has 0 atom stereocenters. The number of hydrogen-bond acceptors (Lipinski definition) is 3. The van der Waals surface area contributed by atoms with E-state index in [1.54, 1.807) is 0 Å². The van der Waals surface area contributed by atoms with Crippen molar-refractivity contribution < 1.29 is 27.1 Å². The summed E-state index contributed by atoms with van der Waals surface area (Å²) in [6.07, 6.45) is -4.47. The van der Waals surface area contributed by atoms with Crippen LogP contribution in [0.25, 0.3) is 0 Å². The smallest absolute Gasteiger partial charge is 0.336 e. The van der Waals surface area contributed by atoms with Gasteiger partial charge in [-0.25, -0.2) is 0 Å². The highest BCUT2D eigenvalue weighted by Crippen LogP contribution is 2.51. The summed E-state index contributed by atoms with van der Waals surface area (Å²) in [6, 6.07) is 0. The highest BCUT2D eigenvalue weighted by molar-refractivity contribution is 8.65. The topological polar surface area (TPSA) is 49.7 Å². The Labute approximate surface area is 69.7 Å². The van der Waals surface area contributed by atoms with E-state index < -0.39 is 18.5 Å². The maximum Gasteiger partial charge on any atom is 0.413 e. The normalized spacial score (nSPS) is 13.5. The van der Waals surface area contributed by atoms with E-state index in [0.717, 1.165) is 0 Å². The van der Waals surface area contributed by atoms with Crippen LogP contribution in [0.5, 0.6) is 0 Å². The Balaban J connectivity index is 3.52. The molecule has 0 saturated carbocycles. The lowest BCUT2D eigenvalue weighted by Crippen LogP contribution is -2.14. The lowest BCUT2D eigenvalue weighted by Gasteiger charge is -2.07. The van der Waals surface area contributed by atoms with Gasteiger partial charge in [-0.2, -0.15) is 13.2 Å². The van der Waals surface area contributed by atoms with Gasteiger partial charge >= 0.3 is 6.18 Å². The second-order valence-electron chi connectivity index (χ2n) is 1.44. The summed E-state index contributed by atoms with van der Waals surface area (Å²) in [5.74, 6) is 0. The van der Waals surface area contributed by atoms with Gasteiger partial charge in [0.05, 0.1) is 11.7 Å². The van der Waals surface area contributed by atoms with Crippen molar-refractivity contribution in [1.82, 2.24) is 0 Å². The van der Waals surface area contributed by atoms with Crippen molar-refractivity contribution in [1.29, 1.82) is 0 Å². The van der Waals surface area contributed by atoms with Crippen molar-refractivity contribution in [3.05, 3.63) is 0 Å². The minimum absolute atomic E-state index is 0.123. The Morgan fingerprint density at radius 2 is 1.91 bits per heavy atom. The van der Waals surface area contributed by atoms with Crippen LogP contribution in [0.4, 0.5) is 13.2 Å². The van der Waals surface area contributed by atoms with E-state index in [-0.39, 0.29) is 11.7 Å². The molecule has 0 bridgehead atoms. The van der Waals surface area contributed by atoms with Gasteiger partial charge in [-0.1, -0.05) is 0 Å². The molecule has 0 fully saturated rings. The molecule has 0 aromatic carbocycles. The molecule has 2 N–H and O–H groups in total. The van der Waals surface area contributed by atoms with Crippen molar-refractivity contribution in [3.8, 4) is 0 Å². The third-order valence-electron chi connectivity index (χ3n) is 0.372. The largest absolute Gasteiger partial charge is 0.413 e. The fourth-order valence-corrected chi connectivity index (χ4v) is 1.44. The molecule has 68 valence electrons. The summed E-state index contributed by atoms with van der Waals surface area (Å²) in [5.41, 5.74) is -3.72. The second-order valence-corrected chi connectivity index (χ2v) is 7.00. The Morgan fingerprint density at radius 1 is 1.45 bits per heavy atom. The van der Waals surface area contributed by atoms with Crippen LogP contribution in [0.15, 0.2) is 0 Å². The summed E-state index contributed by atoms with van der Waals surface area (Å²) in [4.78, 5) is 16.7. The van der Waals surface area contributed by atoms with Gasteiger partial charge in [-0.3, -0.25) is 4.18 Å². The molecule has 0 saturated heterocycles. The average Bonchev–Trinajstić information content (AvgIpc) is 1.55. The van der Waals surface area contributed by atoms with Crippen LogP contribution in [0.2, 0.25) is 0 Å². The van der Waals surface area contributed by atoms with Gasteiger partial charge in [0.15, 0.2) is 6.61 Å². The van der Waals surface area contributed by atoms with E-state index in [1.165, 1.54) is 0 Å². The van der Waals surface area contributed by atoms with Crippen molar-refractivity contribution in [2.24, 2.45) is 0 Å². The maximum absolute atomic E-state index is 11.3. The van der Waals surface area contributed by atoms with Crippen LogP contribution < -0.4 is 0 Å². The first-order chi connectivity index (χ1) is 4.71. The van der Waals surface area contributed by atoms with Crippen molar-refractivity contribution in [3.63, 3.8) is 0 Å². The lowest BCUT2D eigenvalue weighted by molar-refractivity contribution is -0.150. The van der Waals surface area contributed by atoms with E-state index in [1.807, 2.05) is 0 Å². The molecule has 0 heterocycles. The molecule has 0 rings (SSSR count). The lowest BCUT2D eigenvalue weighted by atomic mass is 10.7. The number of halogens is 3. The van der Waals surface area contributed by atoms with Gasteiger partial charge in [0.1, 0.15) is 0 Å². The molecule has 0 aliphatic rings.